The van der Waals surface area contributed by atoms with Gasteiger partial charge in [0, 0.05) is 10.4 Å². The van der Waals surface area contributed by atoms with E-state index in [0.717, 1.165) is 17.7 Å². The first-order valence-corrected chi connectivity index (χ1v) is 8.54. The number of hydrogen-bond acceptors (Lipinski definition) is 3. The molecule has 1 atom stereocenters. The summed E-state index contributed by atoms with van der Waals surface area (Å²) >= 11 is 1.49. The molecule has 1 aromatic rings. The molecule has 0 fully saturated rings. The summed E-state index contributed by atoms with van der Waals surface area (Å²) < 4.78 is 0. The van der Waals surface area contributed by atoms with E-state index in [9.17, 15) is 9.59 Å². The van der Waals surface area contributed by atoms with Crippen molar-refractivity contribution in [1.82, 2.24) is 10.6 Å². The summed E-state index contributed by atoms with van der Waals surface area (Å²) in [4.78, 5) is 24.9. The number of aryl methyl sites for hydroxylation is 2. The smallest absolute Gasteiger partial charge is 0.321 e. The van der Waals surface area contributed by atoms with Crippen LogP contribution >= 0.6 is 11.8 Å². The maximum atomic E-state index is 12.1. The largest absolute Gasteiger partial charge is 0.333 e. The number of carbonyl (C=O) groups is 2. The van der Waals surface area contributed by atoms with Crippen molar-refractivity contribution in [3.05, 3.63) is 29.3 Å². The minimum absolute atomic E-state index is 0.271. The Bertz CT molecular complexity index is 579. The number of urea groups is 1. The molecule has 0 aliphatic heterocycles. The Balaban J connectivity index is 1.90. The molecule has 0 heterocycles. The molecule has 0 aromatic heterocycles. The minimum atomic E-state index is -0.445. The molecule has 3 amide bonds. The summed E-state index contributed by atoms with van der Waals surface area (Å²) in [7, 11) is 0. The second kappa shape index (κ2) is 6.73. The molecular formula is C17H24N2O2S. The first kappa shape index (κ1) is 16.9. The molecule has 0 saturated carbocycles. The molecule has 120 valence electrons. The maximum Gasteiger partial charge on any atom is 0.321 e. The highest BCUT2D eigenvalue weighted by atomic mass is 32.2. The van der Waals surface area contributed by atoms with Crippen LogP contribution in [0.5, 0.6) is 0 Å². The predicted molar refractivity (Wildman–Crippen MR) is 90.2 cm³/mol. The van der Waals surface area contributed by atoms with Crippen LogP contribution in [0, 0.1) is 0 Å². The highest BCUT2D eigenvalue weighted by Gasteiger charge is 2.20. The normalized spacial score (nSPS) is 15.1. The molecule has 0 spiro atoms. The lowest BCUT2D eigenvalue weighted by Crippen LogP contribution is -2.49. The van der Waals surface area contributed by atoms with Crippen LogP contribution in [0.15, 0.2) is 23.1 Å². The number of thioether (sulfide) groups is 1. The van der Waals surface area contributed by atoms with E-state index >= 15 is 0 Å². The van der Waals surface area contributed by atoms with Gasteiger partial charge in [0.15, 0.2) is 0 Å². The van der Waals surface area contributed by atoms with Gasteiger partial charge >= 0.3 is 6.03 Å². The summed E-state index contributed by atoms with van der Waals surface area (Å²) in [6, 6.07) is 5.94. The van der Waals surface area contributed by atoms with Gasteiger partial charge in [0.25, 0.3) is 0 Å². The number of nitrogens with one attached hydrogen (secondary N) is 2. The lowest BCUT2D eigenvalue weighted by molar-refractivity contribution is -0.119. The number of hydrogen-bond donors (Lipinski definition) is 2. The van der Waals surface area contributed by atoms with Gasteiger partial charge in [-0.2, -0.15) is 0 Å². The molecule has 0 saturated heterocycles. The van der Waals surface area contributed by atoms with E-state index in [-0.39, 0.29) is 16.7 Å². The molecule has 2 rings (SSSR count). The molecular weight excluding hydrogens is 296 g/mol. The lowest BCUT2D eigenvalue weighted by atomic mass is 10.1. The van der Waals surface area contributed by atoms with Crippen LogP contribution in [0.2, 0.25) is 0 Å². The number of imide groups is 1. The van der Waals surface area contributed by atoms with Gasteiger partial charge in [0.05, 0.1) is 5.25 Å². The van der Waals surface area contributed by atoms with Crippen LogP contribution in [-0.2, 0) is 17.6 Å². The maximum absolute atomic E-state index is 12.1. The van der Waals surface area contributed by atoms with E-state index in [4.69, 9.17) is 0 Å². The molecule has 4 nitrogen and oxygen atoms in total. The zero-order chi connectivity index (χ0) is 16.3. The minimum Gasteiger partial charge on any atom is -0.333 e. The standard InChI is InChI=1S/C17H24N2O2S/c1-11(15(20)18-16(21)19-17(2,3)4)22-14-9-8-12-6-5-7-13(12)10-14/h8-11H,5-7H2,1-4H3,(H2,18,19,20,21)/t11-/m1/s1. The fourth-order valence-electron chi connectivity index (χ4n) is 2.46. The molecule has 1 aliphatic rings. The molecule has 1 aliphatic carbocycles. The Morgan fingerprint density at radius 1 is 1.18 bits per heavy atom. The second-order valence-electron chi connectivity index (χ2n) is 6.74. The zero-order valence-electron chi connectivity index (χ0n) is 13.7. The van der Waals surface area contributed by atoms with Gasteiger partial charge in [-0.25, -0.2) is 4.79 Å². The highest BCUT2D eigenvalue weighted by Crippen LogP contribution is 2.29. The number of fused-ring (bicyclic) bond motifs is 1. The van der Waals surface area contributed by atoms with E-state index < -0.39 is 6.03 Å². The van der Waals surface area contributed by atoms with Crippen LogP contribution in [0.3, 0.4) is 0 Å². The van der Waals surface area contributed by atoms with Gasteiger partial charge < -0.3 is 5.32 Å². The van der Waals surface area contributed by atoms with Crippen molar-refractivity contribution in [3.63, 3.8) is 0 Å². The van der Waals surface area contributed by atoms with Crippen molar-refractivity contribution < 1.29 is 9.59 Å². The first-order valence-electron chi connectivity index (χ1n) is 7.66. The first-order chi connectivity index (χ1) is 10.2. The monoisotopic (exact) mass is 320 g/mol. The van der Waals surface area contributed by atoms with Crippen LogP contribution in [0.1, 0.15) is 45.2 Å². The molecule has 2 N–H and O–H groups in total. The van der Waals surface area contributed by atoms with Gasteiger partial charge in [0.2, 0.25) is 5.91 Å². The third kappa shape index (κ3) is 4.77. The summed E-state index contributed by atoms with van der Waals surface area (Å²) in [5.41, 5.74) is 2.45. The average molecular weight is 320 g/mol. The van der Waals surface area contributed by atoms with Gasteiger partial charge in [-0.1, -0.05) is 6.07 Å². The van der Waals surface area contributed by atoms with Crippen molar-refractivity contribution in [3.8, 4) is 0 Å². The van der Waals surface area contributed by atoms with Crippen molar-refractivity contribution >= 4 is 23.7 Å². The molecule has 0 unspecified atom stereocenters. The molecule has 0 bridgehead atoms. The Labute approximate surface area is 136 Å². The molecule has 5 heteroatoms. The molecule has 22 heavy (non-hydrogen) atoms. The van der Waals surface area contributed by atoms with Crippen LogP contribution in [0.4, 0.5) is 4.79 Å². The van der Waals surface area contributed by atoms with Crippen molar-refractivity contribution in [2.24, 2.45) is 0 Å². The van der Waals surface area contributed by atoms with Crippen LogP contribution < -0.4 is 10.6 Å². The van der Waals surface area contributed by atoms with Gasteiger partial charge in [-0.15, -0.1) is 11.8 Å². The number of benzene rings is 1. The van der Waals surface area contributed by atoms with Gasteiger partial charge in [0.1, 0.15) is 0 Å². The SMILES string of the molecule is C[C@@H](Sc1ccc2c(c1)CCC2)C(=O)NC(=O)NC(C)(C)C. The summed E-state index contributed by atoms with van der Waals surface area (Å²) in [5.74, 6) is -0.271. The fourth-order valence-corrected chi connectivity index (χ4v) is 3.40. The van der Waals surface area contributed by atoms with E-state index in [1.807, 2.05) is 27.7 Å². The summed E-state index contributed by atoms with van der Waals surface area (Å²) in [5, 5.41) is 4.81. The van der Waals surface area contributed by atoms with E-state index in [2.05, 4.69) is 28.8 Å². The number of carbonyl (C=O) groups excluding carboxylic acids is 2. The van der Waals surface area contributed by atoms with E-state index in [0.29, 0.717) is 0 Å². The third-order valence-corrected chi connectivity index (χ3v) is 4.57. The van der Waals surface area contributed by atoms with E-state index in [1.54, 1.807) is 0 Å². The Morgan fingerprint density at radius 3 is 2.55 bits per heavy atom. The quantitative estimate of drug-likeness (QED) is 0.840. The zero-order valence-corrected chi connectivity index (χ0v) is 14.5. The lowest BCUT2D eigenvalue weighted by Gasteiger charge is -2.21. The molecule has 0 radical (unpaired) electrons. The van der Waals surface area contributed by atoms with Gasteiger partial charge in [-0.05, 0) is 70.2 Å². The van der Waals surface area contributed by atoms with Crippen molar-refractivity contribution in [1.29, 1.82) is 0 Å². The average Bonchev–Trinajstić information content (AvgIpc) is 2.83. The van der Waals surface area contributed by atoms with E-state index in [1.165, 1.54) is 29.3 Å². The Morgan fingerprint density at radius 2 is 1.86 bits per heavy atom. The third-order valence-electron chi connectivity index (χ3n) is 3.48. The summed E-state index contributed by atoms with van der Waals surface area (Å²) in [6.07, 6.45) is 3.49. The second-order valence-corrected chi connectivity index (χ2v) is 8.15. The van der Waals surface area contributed by atoms with Crippen LogP contribution in [-0.4, -0.2) is 22.7 Å². The van der Waals surface area contributed by atoms with Crippen molar-refractivity contribution in [2.75, 3.05) is 0 Å². The van der Waals surface area contributed by atoms with Crippen LogP contribution in [0.25, 0.3) is 0 Å². The Kier molecular flexibility index (Phi) is 5.16. The Hall–Kier alpha value is -1.49. The fraction of sp³-hybridized carbons (Fsp3) is 0.529. The van der Waals surface area contributed by atoms with Crippen molar-refractivity contribution in [2.45, 2.75) is 62.6 Å². The predicted octanol–water partition coefficient (Wildman–Crippen LogP) is 3.28. The topological polar surface area (TPSA) is 58.2 Å². The number of rotatable bonds is 3. The molecule has 1 aromatic carbocycles. The summed E-state index contributed by atoms with van der Waals surface area (Å²) in [6.45, 7) is 7.44. The highest BCUT2D eigenvalue weighted by molar-refractivity contribution is 8.00. The number of amides is 3. The van der Waals surface area contributed by atoms with Gasteiger partial charge in [-0.3, -0.25) is 10.1 Å².